The van der Waals surface area contributed by atoms with Gasteiger partial charge in [-0.1, -0.05) is 436 Å². The predicted molar refractivity (Wildman–Crippen MR) is 403 cm³/mol. The molecule has 0 spiro atoms. The first-order valence-corrected chi connectivity index (χ1v) is 42.1. The number of esters is 1. The minimum Gasteiger partial charge on any atom is -0.466 e. The molecule has 2 unspecified atom stereocenters. The maximum Gasteiger partial charge on any atom is 0.305 e. The van der Waals surface area contributed by atoms with Gasteiger partial charge in [-0.05, 0) is 57.8 Å². The molecule has 0 aromatic carbocycles. The van der Waals surface area contributed by atoms with Crippen molar-refractivity contribution in [3.05, 3.63) is 24.3 Å². The third kappa shape index (κ3) is 77.2. The fourth-order valence-electron chi connectivity index (χ4n) is 13.6. The predicted octanol–water partition coefficient (Wildman–Crippen LogP) is 28.0. The van der Waals surface area contributed by atoms with Crippen LogP contribution in [0.3, 0.4) is 0 Å². The number of amides is 1. The van der Waals surface area contributed by atoms with E-state index < -0.39 is 12.1 Å². The van der Waals surface area contributed by atoms with Crippen LogP contribution >= 0.6 is 0 Å². The van der Waals surface area contributed by atoms with Crippen LogP contribution in [0.15, 0.2) is 24.3 Å². The second kappa shape index (κ2) is 80.8. The molecular formula is C85H165NO5. The van der Waals surface area contributed by atoms with Gasteiger partial charge in [-0.2, -0.15) is 0 Å². The number of rotatable bonds is 80. The molecule has 0 saturated heterocycles. The molecule has 6 nitrogen and oxygen atoms in total. The molecule has 0 rings (SSSR count). The van der Waals surface area contributed by atoms with E-state index in [0.29, 0.717) is 19.4 Å². The molecule has 0 aliphatic carbocycles. The number of carbonyl (C=O) groups is 2. The number of carbonyl (C=O) groups excluding carboxylic acids is 2. The van der Waals surface area contributed by atoms with E-state index >= 15 is 0 Å². The molecule has 0 heterocycles. The van der Waals surface area contributed by atoms with E-state index in [1.54, 1.807) is 6.08 Å². The van der Waals surface area contributed by atoms with Gasteiger partial charge in [0.1, 0.15) is 0 Å². The van der Waals surface area contributed by atoms with Crippen molar-refractivity contribution in [1.82, 2.24) is 5.32 Å². The van der Waals surface area contributed by atoms with Gasteiger partial charge in [0, 0.05) is 12.8 Å². The van der Waals surface area contributed by atoms with E-state index in [0.717, 1.165) is 38.5 Å². The average Bonchev–Trinajstić information content (AvgIpc) is 3.66. The smallest absolute Gasteiger partial charge is 0.305 e. The van der Waals surface area contributed by atoms with E-state index in [1.165, 1.54) is 417 Å². The van der Waals surface area contributed by atoms with Crippen molar-refractivity contribution in [3.8, 4) is 0 Å². The van der Waals surface area contributed by atoms with Crippen LogP contribution in [-0.2, 0) is 14.3 Å². The van der Waals surface area contributed by atoms with Gasteiger partial charge >= 0.3 is 5.97 Å². The summed E-state index contributed by atoms with van der Waals surface area (Å²) in [7, 11) is 0. The highest BCUT2D eigenvalue weighted by Gasteiger charge is 2.18. The lowest BCUT2D eigenvalue weighted by atomic mass is 10.0. The topological polar surface area (TPSA) is 95.9 Å². The summed E-state index contributed by atoms with van der Waals surface area (Å²) in [6.45, 7) is 4.96. The van der Waals surface area contributed by atoms with Crippen molar-refractivity contribution >= 4 is 11.9 Å². The van der Waals surface area contributed by atoms with E-state index in [9.17, 15) is 19.8 Å². The summed E-state index contributed by atoms with van der Waals surface area (Å²) in [6, 6.07) is -0.626. The number of aliphatic hydroxyl groups excluding tert-OH is 2. The van der Waals surface area contributed by atoms with Crippen LogP contribution in [0, 0.1) is 0 Å². The number of hydrogen-bond acceptors (Lipinski definition) is 5. The Bertz CT molecular complexity index is 1430. The minimum absolute atomic E-state index is 0.0193. The van der Waals surface area contributed by atoms with E-state index in [-0.39, 0.29) is 18.5 Å². The standard InChI is InChI=1S/C85H165NO5/c1-3-5-7-9-11-13-15-17-19-21-23-24-25-36-39-42-45-49-53-57-61-65-69-73-77-83(88)82(81-87)86-84(89)78-74-70-66-62-58-54-50-46-43-40-37-34-32-30-28-26-27-29-31-33-35-38-41-44-48-52-56-60-64-68-72-76-80-91-85(90)79-75-71-67-63-59-55-51-47-22-20-18-16-14-12-10-8-6-4-2/h20,22,73,77,82-83,87-88H,3-19,21,23-72,74-76,78-81H2,1-2H3,(H,86,89)/b22-20-,77-73+. The van der Waals surface area contributed by atoms with Crippen LogP contribution in [0.4, 0.5) is 0 Å². The fourth-order valence-corrected chi connectivity index (χ4v) is 13.6. The molecule has 91 heavy (non-hydrogen) atoms. The Kier molecular flexibility index (Phi) is 79.3. The highest BCUT2D eigenvalue weighted by atomic mass is 16.5. The molecule has 0 fully saturated rings. The lowest BCUT2D eigenvalue weighted by Crippen LogP contribution is -2.45. The second-order valence-corrected chi connectivity index (χ2v) is 29.2. The molecule has 6 heteroatoms. The van der Waals surface area contributed by atoms with Crippen LogP contribution < -0.4 is 5.32 Å². The highest BCUT2D eigenvalue weighted by Crippen LogP contribution is 2.21. The number of unbranched alkanes of at least 4 members (excludes halogenated alkanes) is 67. The fraction of sp³-hybridized carbons (Fsp3) is 0.929. The Labute approximate surface area is 571 Å². The molecule has 0 aromatic rings. The molecule has 0 aromatic heterocycles. The average molecular weight is 1280 g/mol. The van der Waals surface area contributed by atoms with Crippen LogP contribution in [-0.4, -0.2) is 47.4 Å². The number of aliphatic hydroxyl groups is 2. The number of nitrogens with one attached hydrogen (secondary N) is 1. The molecule has 3 N–H and O–H groups in total. The lowest BCUT2D eigenvalue weighted by molar-refractivity contribution is -0.143. The summed E-state index contributed by atoms with van der Waals surface area (Å²) in [6.07, 6.45) is 105. The lowest BCUT2D eigenvalue weighted by Gasteiger charge is -2.20. The normalized spacial score (nSPS) is 12.5. The van der Waals surface area contributed by atoms with Crippen LogP contribution in [0.5, 0.6) is 0 Å². The second-order valence-electron chi connectivity index (χ2n) is 29.2. The summed E-state index contributed by atoms with van der Waals surface area (Å²) < 4.78 is 5.52. The summed E-state index contributed by atoms with van der Waals surface area (Å²) >= 11 is 0. The van der Waals surface area contributed by atoms with E-state index in [2.05, 4.69) is 31.3 Å². The first-order chi connectivity index (χ1) is 45.0. The molecule has 1 amide bonds. The van der Waals surface area contributed by atoms with Crippen molar-refractivity contribution in [1.29, 1.82) is 0 Å². The zero-order valence-electron chi connectivity index (χ0n) is 62.1. The molecule has 0 bridgehead atoms. The van der Waals surface area contributed by atoms with E-state index in [4.69, 9.17) is 4.74 Å². The van der Waals surface area contributed by atoms with Crippen molar-refractivity contribution in [3.63, 3.8) is 0 Å². The highest BCUT2D eigenvalue weighted by molar-refractivity contribution is 5.76. The van der Waals surface area contributed by atoms with Gasteiger partial charge in [0.2, 0.25) is 5.91 Å². The molecule has 0 aliphatic heterocycles. The SMILES string of the molecule is CCCCCCCCC/C=C\CCCCCCCCCC(=O)OCCCCCCCCCCCCCCCCCCCCCCCCCCCCCCCCCCC(=O)NC(CO)C(O)/C=C/CCCCCCCCCCCCCCCCCCCCCCCC. The summed E-state index contributed by atoms with van der Waals surface area (Å²) in [5.74, 6) is -0.0385. The Morgan fingerprint density at radius 2 is 0.516 bits per heavy atom. The van der Waals surface area contributed by atoms with Gasteiger partial charge in [-0.25, -0.2) is 0 Å². The number of hydrogen-bond donors (Lipinski definition) is 3. The van der Waals surface area contributed by atoms with Crippen molar-refractivity contribution in [2.75, 3.05) is 13.2 Å². The number of allylic oxidation sites excluding steroid dienone is 3. The third-order valence-corrected chi connectivity index (χ3v) is 20.0. The van der Waals surface area contributed by atoms with Gasteiger partial charge in [0.15, 0.2) is 0 Å². The van der Waals surface area contributed by atoms with Gasteiger partial charge in [0.25, 0.3) is 0 Å². The van der Waals surface area contributed by atoms with Crippen LogP contribution in [0.25, 0.3) is 0 Å². The van der Waals surface area contributed by atoms with Gasteiger partial charge in [0.05, 0.1) is 25.4 Å². The molecule has 540 valence electrons. The largest absolute Gasteiger partial charge is 0.466 e. The first-order valence-electron chi connectivity index (χ1n) is 42.1. The van der Waals surface area contributed by atoms with Gasteiger partial charge in [-0.15, -0.1) is 0 Å². The summed E-state index contributed by atoms with van der Waals surface area (Å²) in [4.78, 5) is 24.7. The molecule has 0 radical (unpaired) electrons. The molecule has 0 saturated carbocycles. The summed E-state index contributed by atoms with van der Waals surface area (Å²) in [5.41, 5.74) is 0. The zero-order chi connectivity index (χ0) is 65.6. The van der Waals surface area contributed by atoms with Crippen molar-refractivity contribution in [2.24, 2.45) is 0 Å². The van der Waals surface area contributed by atoms with Crippen molar-refractivity contribution in [2.45, 2.75) is 495 Å². The summed E-state index contributed by atoms with van der Waals surface area (Å²) in [5, 5.41) is 23.3. The Balaban J connectivity index is 3.34. The monoisotopic (exact) mass is 1280 g/mol. The maximum absolute atomic E-state index is 12.6. The Hall–Kier alpha value is -1.66. The first kappa shape index (κ1) is 89.3. The van der Waals surface area contributed by atoms with Gasteiger partial charge < -0.3 is 20.3 Å². The Morgan fingerprint density at radius 3 is 0.780 bits per heavy atom. The van der Waals surface area contributed by atoms with Crippen molar-refractivity contribution < 1.29 is 24.5 Å². The molecular weight excluding hydrogens is 1110 g/mol. The third-order valence-electron chi connectivity index (χ3n) is 20.0. The Morgan fingerprint density at radius 1 is 0.297 bits per heavy atom. The number of ether oxygens (including phenoxy) is 1. The van der Waals surface area contributed by atoms with Crippen LogP contribution in [0.1, 0.15) is 483 Å². The van der Waals surface area contributed by atoms with E-state index in [1.807, 2.05) is 6.08 Å². The van der Waals surface area contributed by atoms with Gasteiger partial charge in [-0.3, -0.25) is 9.59 Å². The van der Waals surface area contributed by atoms with Crippen LogP contribution in [0.2, 0.25) is 0 Å². The maximum atomic E-state index is 12.6. The quantitative estimate of drug-likeness (QED) is 0.0320. The molecule has 2 atom stereocenters. The minimum atomic E-state index is -0.843. The zero-order valence-corrected chi connectivity index (χ0v) is 62.1. The molecule has 0 aliphatic rings.